The van der Waals surface area contributed by atoms with Crippen LogP contribution in [0.15, 0.2) is 72.3 Å². The number of ether oxygens (including phenoxy) is 2. The molecule has 3 aromatic rings. The molecule has 0 spiro atoms. The number of nitrogens with zero attached hydrogens (tertiary/aromatic N) is 2. The molecule has 1 N–H and O–H groups in total. The van der Waals surface area contributed by atoms with Crippen molar-refractivity contribution in [3.63, 3.8) is 0 Å². The fourth-order valence-electron chi connectivity index (χ4n) is 4.99. The SMILES string of the molecule is CCOc1ccc(CN2C(=O)C(=O)/C(=C(\O)c3ccc(OCC)c(C(C)C)c3)C2c2ccc(N(C)C)cc2)cc1. The molecule has 1 aliphatic heterocycles. The molecule has 1 amide bonds. The van der Waals surface area contributed by atoms with E-state index in [1.807, 2.05) is 107 Å². The van der Waals surface area contributed by atoms with Crippen LogP contribution in [-0.4, -0.2) is 49.0 Å². The standard InChI is InChI=1S/C33H38N2O5/c1-7-39-26-16-9-22(10-17-26)20-35-30(23-11-14-25(15-12-23)34(5)6)29(32(37)33(35)38)31(36)24-13-18-28(40-8-2)27(19-24)21(3)4/h9-19,21,30,36H,7-8,20H2,1-6H3/b31-29-. The van der Waals surface area contributed by atoms with Crippen molar-refractivity contribution in [1.82, 2.24) is 4.90 Å². The zero-order valence-corrected chi connectivity index (χ0v) is 24.1. The number of hydrogen-bond acceptors (Lipinski definition) is 6. The zero-order chi connectivity index (χ0) is 29.0. The number of benzene rings is 3. The van der Waals surface area contributed by atoms with Gasteiger partial charge in [0.25, 0.3) is 11.7 Å². The average Bonchev–Trinajstić information content (AvgIpc) is 3.19. The van der Waals surface area contributed by atoms with Gasteiger partial charge < -0.3 is 24.4 Å². The molecule has 4 rings (SSSR count). The van der Waals surface area contributed by atoms with Crippen molar-refractivity contribution in [1.29, 1.82) is 0 Å². The highest BCUT2D eigenvalue weighted by atomic mass is 16.5. The van der Waals surface area contributed by atoms with Crippen LogP contribution in [0, 0.1) is 0 Å². The lowest BCUT2D eigenvalue weighted by molar-refractivity contribution is -0.140. The molecule has 40 heavy (non-hydrogen) atoms. The summed E-state index contributed by atoms with van der Waals surface area (Å²) in [5.74, 6) is 0.0589. The Morgan fingerprint density at radius 3 is 2.15 bits per heavy atom. The number of aliphatic hydroxyl groups excluding tert-OH is 1. The predicted octanol–water partition coefficient (Wildman–Crippen LogP) is 6.30. The van der Waals surface area contributed by atoms with E-state index in [1.165, 1.54) is 4.90 Å². The molecule has 0 aromatic heterocycles. The Bertz CT molecular complexity index is 1390. The second-order valence-corrected chi connectivity index (χ2v) is 10.3. The van der Waals surface area contributed by atoms with Crippen LogP contribution in [0.4, 0.5) is 5.69 Å². The van der Waals surface area contributed by atoms with Crippen LogP contribution < -0.4 is 14.4 Å². The van der Waals surface area contributed by atoms with Gasteiger partial charge in [-0.25, -0.2) is 0 Å². The van der Waals surface area contributed by atoms with E-state index in [9.17, 15) is 14.7 Å². The molecule has 0 aliphatic carbocycles. The van der Waals surface area contributed by atoms with Crippen LogP contribution >= 0.6 is 0 Å². The number of likely N-dealkylation sites (tertiary alicyclic amines) is 1. The lowest BCUT2D eigenvalue weighted by Crippen LogP contribution is -2.29. The number of aliphatic hydroxyl groups is 1. The van der Waals surface area contributed by atoms with E-state index in [2.05, 4.69) is 0 Å². The molecule has 7 heteroatoms. The maximum absolute atomic E-state index is 13.5. The van der Waals surface area contributed by atoms with E-state index in [4.69, 9.17) is 9.47 Å². The largest absolute Gasteiger partial charge is 0.507 e. The first kappa shape index (κ1) is 28.7. The first-order valence-electron chi connectivity index (χ1n) is 13.7. The normalized spacial score (nSPS) is 16.5. The molecular weight excluding hydrogens is 504 g/mol. The van der Waals surface area contributed by atoms with Crippen molar-refractivity contribution in [2.45, 2.75) is 46.2 Å². The third-order valence-electron chi connectivity index (χ3n) is 7.06. The molecule has 1 atom stereocenters. The Morgan fingerprint density at radius 2 is 1.57 bits per heavy atom. The minimum Gasteiger partial charge on any atom is -0.507 e. The molecule has 0 saturated carbocycles. The van der Waals surface area contributed by atoms with Crippen LogP contribution in [0.5, 0.6) is 11.5 Å². The van der Waals surface area contributed by atoms with Crippen LogP contribution in [0.2, 0.25) is 0 Å². The summed E-state index contributed by atoms with van der Waals surface area (Å²) in [6, 6.07) is 19.8. The van der Waals surface area contributed by atoms with Gasteiger partial charge in [-0.2, -0.15) is 0 Å². The fourth-order valence-corrected chi connectivity index (χ4v) is 4.99. The van der Waals surface area contributed by atoms with Crippen molar-refractivity contribution in [3.05, 3.63) is 94.6 Å². The van der Waals surface area contributed by atoms with Gasteiger partial charge in [-0.3, -0.25) is 9.59 Å². The van der Waals surface area contributed by atoms with Crippen molar-refractivity contribution in [3.8, 4) is 11.5 Å². The molecule has 1 aliphatic rings. The van der Waals surface area contributed by atoms with Gasteiger partial charge in [-0.1, -0.05) is 38.1 Å². The first-order chi connectivity index (χ1) is 19.2. The Hall–Kier alpha value is -4.26. The summed E-state index contributed by atoms with van der Waals surface area (Å²) in [5, 5.41) is 11.6. The third kappa shape index (κ3) is 5.83. The van der Waals surface area contributed by atoms with Gasteiger partial charge in [-0.05, 0) is 78.9 Å². The van der Waals surface area contributed by atoms with Gasteiger partial charge in [0.15, 0.2) is 0 Å². The Morgan fingerprint density at radius 1 is 0.925 bits per heavy atom. The smallest absolute Gasteiger partial charge is 0.295 e. The van der Waals surface area contributed by atoms with Gasteiger partial charge >= 0.3 is 0 Å². The molecular formula is C33H38N2O5. The summed E-state index contributed by atoms with van der Waals surface area (Å²) in [6.07, 6.45) is 0. The van der Waals surface area contributed by atoms with Gasteiger partial charge in [0, 0.05) is 31.9 Å². The Balaban J connectivity index is 1.83. The zero-order valence-electron chi connectivity index (χ0n) is 24.1. The average molecular weight is 543 g/mol. The molecule has 0 bridgehead atoms. The van der Waals surface area contributed by atoms with Crippen LogP contribution in [-0.2, 0) is 16.1 Å². The monoisotopic (exact) mass is 542 g/mol. The number of amides is 1. The number of carbonyl (C=O) groups is 2. The Kier molecular flexibility index (Phi) is 8.83. The number of carbonyl (C=O) groups excluding carboxylic acids is 2. The Labute approximate surface area is 236 Å². The van der Waals surface area contributed by atoms with Crippen molar-refractivity contribution < 1.29 is 24.2 Å². The van der Waals surface area contributed by atoms with Crippen molar-refractivity contribution >= 4 is 23.1 Å². The molecule has 1 fully saturated rings. The molecule has 1 heterocycles. The molecule has 7 nitrogen and oxygen atoms in total. The maximum Gasteiger partial charge on any atom is 0.295 e. The summed E-state index contributed by atoms with van der Waals surface area (Å²) in [6.45, 7) is 9.21. The highest BCUT2D eigenvalue weighted by molar-refractivity contribution is 6.46. The van der Waals surface area contributed by atoms with Gasteiger partial charge in [0.2, 0.25) is 0 Å². The van der Waals surface area contributed by atoms with Crippen LogP contribution in [0.3, 0.4) is 0 Å². The van der Waals surface area contributed by atoms with Gasteiger partial charge in [-0.15, -0.1) is 0 Å². The fraction of sp³-hybridized carbons (Fsp3) is 0.333. The summed E-state index contributed by atoms with van der Waals surface area (Å²) in [7, 11) is 3.90. The number of ketones is 1. The minimum atomic E-state index is -0.753. The third-order valence-corrected chi connectivity index (χ3v) is 7.06. The maximum atomic E-state index is 13.5. The van der Waals surface area contributed by atoms with Crippen LogP contribution in [0.25, 0.3) is 5.76 Å². The second-order valence-electron chi connectivity index (χ2n) is 10.3. The van der Waals surface area contributed by atoms with Gasteiger partial charge in [0.05, 0.1) is 24.8 Å². The van der Waals surface area contributed by atoms with E-state index in [0.717, 1.165) is 33.9 Å². The molecule has 3 aromatic carbocycles. The lowest BCUT2D eigenvalue weighted by Gasteiger charge is -2.26. The number of anilines is 1. The van der Waals surface area contributed by atoms with E-state index in [1.54, 1.807) is 6.07 Å². The summed E-state index contributed by atoms with van der Waals surface area (Å²) in [5.41, 5.74) is 4.05. The van der Waals surface area contributed by atoms with Gasteiger partial charge in [0.1, 0.15) is 17.3 Å². The lowest BCUT2D eigenvalue weighted by atomic mass is 9.93. The summed E-state index contributed by atoms with van der Waals surface area (Å²) in [4.78, 5) is 30.5. The predicted molar refractivity (Wildman–Crippen MR) is 158 cm³/mol. The number of rotatable bonds is 10. The topological polar surface area (TPSA) is 79.3 Å². The molecule has 210 valence electrons. The van der Waals surface area contributed by atoms with E-state index in [0.29, 0.717) is 18.8 Å². The van der Waals surface area contributed by atoms with Crippen molar-refractivity contribution in [2.24, 2.45) is 0 Å². The molecule has 1 unspecified atom stereocenters. The second kappa shape index (κ2) is 12.3. The van der Waals surface area contributed by atoms with E-state index in [-0.39, 0.29) is 23.8 Å². The van der Waals surface area contributed by atoms with E-state index < -0.39 is 17.7 Å². The van der Waals surface area contributed by atoms with Crippen LogP contribution in [0.1, 0.15) is 61.9 Å². The number of Topliss-reactive ketones (excluding diaryl/α,β-unsaturated/α-hetero) is 1. The van der Waals surface area contributed by atoms with Crippen molar-refractivity contribution in [2.75, 3.05) is 32.2 Å². The highest BCUT2D eigenvalue weighted by Gasteiger charge is 2.46. The number of hydrogen-bond donors (Lipinski definition) is 1. The summed E-state index contributed by atoms with van der Waals surface area (Å²) >= 11 is 0. The van der Waals surface area contributed by atoms with E-state index >= 15 is 0 Å². The molecule has 0 radical (unpaired) electrons. The highest BCUT2D eigenvalue weighted by Crippen LogP contribution is 2.41. The summed E-state index contributed by atoms with van der Waals surface area (Å²) < 4.78 is 11.3. The molecule has 1 saturated heterocycles. The first-order valence-corrected chi connectivity index (χ1v) is 13.7. The minimum absolute atomic E-state index is 0.0763. The quantitative estimate of drug-likeness (QED) is 0.184.